The fourth-order valence-electron chi connectivity index (χ4n) is 5.77. The summed E-state index contributed by atoms with van der Waals surface area (Å²) >= 11 is 3.06. The lowest BCUT2D eigenvalue weighted by Gasteiger charge is -2.22. The standard InChI is InChI=1S/C23H20F2N4O2S.C13H15FN2S.C10H7FN2O3/c1-13-27-20(29-31-13)15-8-16(10-18(25)9-15)21(30)26-12-23(2,3)22-28-19(11-32-22)14-4-6-17(24)7-5-14;1-13(2,8-15)12-16-11(7-17-12)9-3-5-10(14)6-4-9;1-5-12-9(13-16-5)6-2-7(10(14)15)4-8(11)3-6/h4-11H,12H2,1-3H3,(H,26,30);3-7H,8,15H2,1-2H3;2-4H,1H3,(H,14,15). The summed E-state index contributed by atoms with van der Waals surface area (Å²) < 4.78 is 62.9. The monoisotopic (exact) mass is 926 g/mol. The number of carbonyl (C=O) groups excluding carboxylic acids is 1. The van der Waals surface area contributed by atoms with Crippen LogP contribution in [0.15, 0.2) is 105 Å². The van der Waals surface area contributed by atoms with Gasteiger partial charge < -0.3 is 25.2 Å². The number of carboxylic acid groups (broad SMARTS) is 1. The van der Waals surface area contributed by atoms with E-state index in [9.17, 15) is 27.2 Å². The minimum atomic E-state index is -1.21. The van der Waals surface area contributed by atoms with Gasteiger partial charge in [0.1, 0.15) is 33.3 Å². The maximum absolute atomic E-state index is 14.1. The molecule has 0 aliphatic carbocycles. The minimum Gasteiger partial charge on any atom is -0.478 e. The molecule has 0 bridgehead atoms. The Balaban J connectivity index is 0.000000178. The third kappa shape index (κ3) is 12.4. The fourth-order valence-corrected chi connectivity index (χ4v) is 7.69. The van der Waals surface area contributed by atoms with Gasteiger partial charge in [0, 0.05) is 76.3 Å². The Bertz CT molecular complexity index is 2910. The largest absolute Gasteiger partial charge is 0.478 e. The molecule has 19 heteroatoms. The summed E-state index contributed by atoms with van der Waals surface area (Å²) in [5.41, 5.74) is 9.15. The minimum absolute atomic E-state index is 0.108. The number of carbonyl (C=O) groups is 2. The fraction of sp³-hybridized carbons (Fsp3) is 0.217. The Labute approximate surface area is 378 Å². The summed E-state index contributed by atoms with van der Waals surface area (Å²) in [7, 11) is 0. The van der Waals surface area contributed by atoms with Crippen molar-refractivity contribution >= 4 is 34.6 Å². The molecule has 336 valence electrons. The van der Waals surface area contributed by atoms with E-state index >= 15 is 0 Å². The molecule has 0 unspecified atom stereocenters. The Morgan fingerprint density at radius 3 is 1.46 bits per heavy atom. The number of aromatic carboxylic acids is 1. The SMILES string of the molecule is CC(C)(CN)c1nc(-c2ccc(F)cc2)cs1.Cc1nc(-c2cc(F)cc(C(=O)NCC(C)(C)c3nc(-c4ccc(F)cc4)cs3)c2)no1.Cc1nc(-c2cc(F)cc(C(=O)O)c2)no1. The van der Waals surface area contributed by atoms with Gasteiger partial charge >= 0.3 is 5.97 Å². The van der Waals surface area contributed by atoms with Crippen molar-refractivity contribution in [3.05, 3.63) is 152 Å². The van der Waals surface area contributed by atoms with E-state index in [0.717, 1.165) is 50.7 Å². The van der Waals surface area contributed by atoms with E-state index in [1.807, 2.05) is 24.6 Å². The van der Waals surface area contributed by atoms with Gasteiger partial charge in [-0.15, -0.1) is 22.7 Å². The number of amides is 1. The summed E-state index contributed by atoms with van der Waals surface area (Å²) in [6, 6.07) is 19.8. The van der Waals surface area contributed by atoms with Crippen molar-refractivity contribution in [1.82, 2.24) is 35.6 Å². The van der Waals surface area contributed by atoms with Gasteiger partial charge in [-0.2, -0.15) is 9.97 Å². The van der Waals surface area contributed by atoms with Crippen LogP contribution in [-0.4, -0.2) is 60.3 Å². The van der Waals surface area contributed by atoms with Crippen LogP contribution in [0.4, 0.5) is 17.6 Å². The molecule has 0 aliphatic rings. The molecule has 0 saturated heterocycles. The molecule has 0 atom stereocenters. The van der Waals surface area contributed by atoms with Crippen LogP contribution in [0.5, 0.6) is 0 Å². The van der Waals surface area contributed by atoms with Crippen molar-refractivity contribution in [2.45, 2.75) is 52.4 Å². The average Bonchev–Trinajstić information content (AvgIpc) is 4.12. The zero-order valence-electron chi connectivity index (χ0n) is 35.8. The van der Waals surface area contributed by atoms with Crippen molar-refractivity contribution in [1.29, 1.82) is 0 Å². The van der Waals surface area contributed by atoms with Gasteiger partial charge in [-0.1, -0.05) is 38.0 Å². The van der Waals surface area contributed by atoms with Gasteiger partial charge in [0.15, 0.2) is 0 Å². The van der Waals surface area contributed by atoms with Crippen LogP contribution in [0.25, 0.3) is 45.3 Å². The number of nitrogens with two attached hydrogens (primary N) is 1. The van der Waals surface area contributed by atoms with E-state index in [2.05, 4.69) is 49.4 Å². The van der Waals surface area contributed by atoms with E-state index in [1.165, 1.54) is 53.8 Å². The number of nitrogens with one attached hydrogen (secondary N) is 1. The first-order chi connectivity index (χ1) is 30.8. The van der Waals surface area contributed by atoms with E-state index in [4.69, 9.17) is 19.9 Å². The predicted molar refractivity (Wildman–Crippen MR) is 238 cm³/mol. The molecule has 0 aliphatic heterocycles. The van der Waals surface area contributed by atoms with E-state index in [0.29, 0.717) is 23.9 Å². The highest BCUT2D eigenvalue weighted by atomic mass is 32.1. The Kier molecular flexibility index (Phi) is 14.8. The van der Waals surface area contributed by atoms with Crippen LogP contribution in [0.2, 0.25) is 0 Å². The Morgan fingerprint density at radius 1 is 0.615 bits per heavy atom. The lowest BCUT2D eigenvalue weighted by atomic mass is 9.94. The topological polar surface area (TPSA) is 196 Å². The summed E-state index contributed by atoms with van der Waals surface area (Å²) in [4.78, 5) is 40.6. The van der Waals surface area contributed by atoms with Gasteiger partial charge in [-0.05, 0) is 84.9 Å². The summed E-state index contributed by atoms with van der Waals surface area (Å²) in [6.07, 6.45) is 0. The molecule has 13 nitrogen and oxygen atoms in total. The van der Waals surface area contributed by atoms with Crippen LogP contribution in [0.3, 0.4) is 0 Å². The lowest BCUT2D eigenvalue weighted by molar-refractivity contribution is 0.0696. The summed E-state index contributed by atoms with van der Waals surface area (Å²) in [5.74, 6) is -2.33. The number of hydrogen-bond donors (Lipinski definition) is 3. The smallest absolute Gasteiger partial charge is 0.335 e. The maximum atomic E-state index is 14.1. The van der Waals surface area contributed by atoms with E-state index in [1.54, 1.807) is 49.4 Å². The van der Waals surface area contributed by atoms with Crippen LogP contribution in [-0.2, 0) is 10.8 Å². The third-order valence-corrected chi connectivity index (χ3v) is 11.9. The van der Waals surface area contributed by atoms with Gasteiger partial charge in [0.25, 0.3) is 5.91 Å². The first-order valence-corrected chi connectivity index (χ1v) is 21.4. The van der Waals surface area contributed by atoms with Crippen LogP contribution < -0.4 is 11.1 Å². The highest BCUT2D eigenvalue weighted by molar-refractivity contribution is 7.10. The highest BCUT2D eigenvalue weighted by Gasteiger charge is 2.27. The van der Waals surface area contributed by atoms with Gasteiger partial charge in [0.05, 0.1) is 17.0 Å². The summed E-state index contributed by atoms with van der Waals surface area (Å²) in [6.45, 7) is 12.1. The zero-order valence-corrected chi connectivity index (χ0v) is 37.5. The molecule has 4 aromatic heterocycles. The van der Waals surface area contributed by atoms with Gasteiger partial charge in [0.2, 0.25) is 23.4 Å². The Hall–Kier alpha value is -6.96. The van der Waals surface area contributed by atoms with Gasteiger partial charge in [-0.25, -0.2) is 32.3 Å². The van der Waals surface area contributed by atoms with Gasteiger partial charge in [-0.3, -0.25) is 4.79 Å². The Morgan fingerprint density at radius 2 is 1.05 bits per heavy atom. The highest BCUT2D eigenvalue weighted by Crippen LogP contribution is 2.32. The molecule has 8 rings (SSSR count). The second-order valence-electron chi connectivity index (χ2n) is 15.8. The molecule has 0 fully saturated rings. The maximum Gasteiger partial charge on any atom is 0.335 e. The first-order valence-electron chi connectivity index (χ1n) is 19.7. The predicted octanol–water partition coefficient (Wildman–Crippen LogP) is 10.2. The third-order valence-electron chi connectivity index (χ3n) is 9.52. The second kappa shape index (κ2) is 20.3. The van der Waals surface area contributed by atoms with Crippen LogP contribution in [0.1, 0.15) is 70.2 Å². The quantitative estimate of drug-likeness (QED) is 0.104. The second-order valence-corrected chi connectivity index (χ2v) is 17.5. The number of hydrogen-bond acceptors (Lipinski definition) is 13. The molecule has 4 aromatic carbocycles. The number of thiazole rings is 2. The van der Waals surface area contributed by atoms with Crippen LogP contribution in [0, 0.1) is 37.1 Å². The molecule has 0 radical (unpaired) electrons. The molecular formula is C46H42F4N8O5S2. The number of aryl methyl sites for hydroxylation is 2. The average molecular weight is 927 g/mol. The van der Waals surface area contributed by atoms with Crippen molar-refractivity contribution in [2.75, 3.05) is 13.1 Å². The zero-order chi connectivity index (χ0) is 47.1. The van der Waals surface area contributed by atoms with Crippen LogP contribution >= 0.6 is 22.7 Å². The normalized spacial score (nSPS) is 11.3. The number of rotatable bonds is 11. The molecule has 1 amide bonds. The number of carboxylic acids is 1. The first kappa shape index (κ1) is 47.5. The van der Waals surface area contributed by atoms with E-state index < -0.39 is 28.9 Å². The molecule has 8 aromatic rings. The number of benzene rings is 4. The molecule has 0 spiro atoms. The van der Waals surface area contributed by atoms with Crippen molar-refractivity contribution in [3.63, 3.8) is 0 Å². The number of halogens is 4. The van der Waals surface area contributed by atoms with E-state index in [-0.39, 0.29) is 51.9 Å². The molecule has 0 saturated carbocycles. The molecular weight excluding hydrogens is 885 g/mol. The molecule has 65 heavy (non-hydrogen) atoms. The number of aromatic nitrogens is 6. The lowest BCUT2D eigenvalue weighted by Crippen LogP contribution is -2.36. The number of nitrogens with zero attached hydrogens (tertiary/aromatic N) is 6. The molecule has 4 N–H and O–H groups in total. The van der Waals surface area contributed by atoms with Crippen molar-refractivity contribution in [3.8, 4) is 45.3 Å². The van der Waals surface area contributed by atoms with Crippen molar-refractivity contribution < 1.29 is 41.3 Å². The van der Waals surface area contributed by atoms with Crippen molar-refractivity contribution in [2.24, 2.45) is 5.73 Å². The summed E-state index contributed by atoms with van der Waals surface area (Å²) in [5, 5.41) is 24.7. The molecule has 4 heterocycles.